The van der Waals surface area contributed by atoms with E-state index >= 15 is 0 Å². The number of amides is 1. The molecule has 2 rings (SSSR count). The van der Waals surface area contributed by atoms with Gasteiger partial charge in [0.1, 0.15) is 18.9 Å². The lowest BCUT2D eigenvalue weighted by Crippen LogP contribution is -2.51. The van der Waals surface area contributed by atoms with Crippen LogP contribution in [0, 0.1) is 5.82 Å². The molecule has 2 N–H and O–H groups in total. The first-order valence-electron chi connectivity index (χ1n) is 9.54. The number of halogens is 4. The predicted octanol–water partition coefficient (Wildman–Crippen LogP) is 2.37. The minimum Gasteiger partial charge on any atom is -0.369 e. The molecule has 1 aliphatic heterocycles. The summed E-state index contributed by atoms with van der Waals surface area (Å²) < 4.78 is 50.7. The van der Waals surface area contributed by atoms with Crippen molar-refractivity contribution < 1.29 is 22.4 Å². The van der Waals surface area contributed by atoms with E-state index in [4.69, 9.17) is 0 Å². The van der Waals surface area contributed by atoms with E-state index in [0.717, 1.165) is 32.1 Å². The fourth-order valence-electron chi connectivity index (χ4n) is 3.14. The van der Waals surface area contributed by atoms with Gasteiger partial charge in [-0.1, -0.05) is 6.07 Å². The van der Waals surface area contributed by atoms with Gasteiger partial charge in [-0.25, -0.2) is 9.38 Å². The molecular formula is C19H27F4N5O. The summed E-state index contributed by atoms with van der Waals surface area (Å²) in [5.74, 6) is -0.647. The Morgan fingerprint density at radius 1 is 1.38 bits per heavy atom. The molecule has 1 unspecified atom stereocenters. The summed E-state index contributed by atoms with van der Waals surface area (Å²) in [5.41, 5.74) is 0.794. The van der Waals surface area contributed by atoms with Crippen LogP contribution in [0.25, 0.3) is 0 Å². The van der Waals surface area contributed by atoms with E-state index in [0.29, 0.717) is 23.9 Å². The average molecular weight is 417 g/mol. The van der Waals surface area contributed by atoms with E-state index in [-0.39, 0.29) is 18.4 Å². The van der Waals surface area contributed by atoms with Crippen molar-refractivity contribution in [2.45, 2.75) is 32.0 Å². The van der Waals surface area contributed by atoms with Crippen molar-refractivity contribution in [2.75, 3.05) is 44.7 Å². The zero-order valence-corrected chi connectivity index (χ0v) is 16.6. The number of anilines is 1. The average Bonchev–Trinajstić information content (AvgIpc) is 2.65. The Balaban J connectivity index is 1.96. The molecule has 0 saturated carbocycles. The highest BCUT2D eigenvalue weighted by Crippen LogP contribution is 2.20. The van der Waals surface area contributed by atoms with Crippen LogP contribution < -0.4 is 15.5 Å². The van der Waals surface area contributed by atoms with Crippen molar-refractivity contribution in [3.63, 3.8) is 0 Å². The number of hydrogen-bond donors (Lipinski definition) is 2. The number of nitrogens with one attached hydrogen (secondary N) is 2. The summed E-state index contributed by atoms with van der Waals surface area (Å²) >= 11 is 0. The highest BCUT2D eigenvalue weighted by atomic mass is 19.4. The Labute approximate surface area is 168 Å². The van der Waals surface area contributed by atoms with E-state index in [1.165, 1.54) is 12.1 Å². The number of piperidine rings is 1. The first kappa shape index (κ1) is 22.8. The third-order valence-corrected chi connectivity index (χ3v) is 4.49. The molecule has 162 valence electrons. The van der Waals surface area contributed by atoms with Gasteiger partial charge < -0.3 is 20.4 Å². The fourth-order valence-corrected chi connectivity index (χ4v) is 3.14. The van der Waals surface area contributed by atoms with E-state index in [2.05, 4.69) is 20.5 Å². The molecule has 0 bridgehead atoms. The van der Waals surface area contributed by atoms with E-state index < -0.39 is 18.6 Å². The Morgan fingerprint density at radius 2 is 2.14 bits per heavy atom. The maximum absolute atomic E-state index is 13.5. The van der Waals surface area contributed by atoms with Gasteiger partial charge in [0, 0.05) is 38.4 Å². The molecule has 10 heteroatoms. The molecule has 1 atom stereocenters. The van der Waals surface area contributed by atoms with Crippen molar-refractivity contribution in [3.05, 3.63) is 30.1 Å². The molecule has 1 aromatic rings. The van der Waals surface area contributed by atoms with Crippen LogP contribution in [0.1, 0.15) is 19.8 Å². The van der Waals surface area contributed by atoms with Crippen LogP contribution >= 0.6 is 0 Å². The van der Waals surface area contributed by atoms with Crippen LogP contribution in [0.15, 0.2) is 29.3 Å². The summed E-state index contributed by atoms with van der Waals surface area (Å²) in [6.45, 7) is 2.12. The molecule has 6 nitrogen and oxygen atoms in total. The number of guanidine groups is 1. The van der Waals surface area contributed by atoms with Gasteiger partial charge >= 0.3 is 6.18 Å². The normalized spacial score (nSPS) is 17.8. The van der Waals surface area contributed by atoms with Gasteiger partial charge in [0.05, 0.1) is 0 Å². The number of rotatable bonds is 6. The number of nitrogens with zero attached hydrogens (tertiary/aromatic N) is 3. The lowest BCUT2D eigenvalue weighted by atomic mass is 10.0. The highest BCUT2D eigenvalue weighted by Gasteiger charge is 2.31. The van der Waals surface area contributed by atoms with Crippen molar-refractivity contribution in [1.82, 2.24) is 15.5 Å². The largest absolute Gasteiger partial charge is 0.406 e. The van der Waals surface area contributed by atoms with Crippen molar-refractivity contribution >= 4 is 17.6 Å². The van der Waals surface area contributed by atoms with Gasteiger partial charge in [-0.15, -0.1) is 0 Å². The predicted molar refractivity (Wildman–Crippen MR) is 104 cm³/mol. The molecule has 29 heavy (non-hydrogen) atoms. The van der Waals surface area contributed by atoms with Gasteiger partial charge in [0.25, 0.3) is 0 Å². The third kappa shape index (κ3) is 7.78. The lowest BCUT2D eigenvalue weighted by molar-refractivity contribution is -0.157. The second kappa shape index (κ2) is 10.3. The summed E-state index contributed by atoms with van der Waals surface area (Å²) in [6, 6.07) is 6.40. The molecule has 0 aromatic heterocycles. The third-order valence-electron chi connectivity index (χ3n) is 4.49. The van der Waals surface area contributed by atoms with Gasteiger partial charge in [-0.05, 0) is 38.0 Å². The monoisotopic (exact) mass is 417 g/mol. The Kier molecular flexibility index (Phi) is 8.10. The molecule has 1 saturated heterocycles. The smallest absolute Gasteiger partial charge is 0.369 e. The quantitative estimate of drug-likeness (QED) is 0.424. The van der Waals surface area contributed by atoms with E-state index in [1.54, 1.807) is 6.07 Å². The SMILES string of the molecule is CCNC(=NCC(=O)N(C)CC(F)(F)F)NC1CCCN(c2cccc(F)c2)C1. The van der Waals surface area contributed by atoms with Crippen LogP contribution in [-0.4, -0.2) is 68.8 Å². The molecular weight excluding hydrogens is 390 g/mol. The van der Waals surface area contributed by atoms with Crippen molar-refractivity contribution in [3.8, 4) is 0 Å². The van der Waals surface area contributed by atoms with Gasteiger partial charge in [0.2, 0.25) is 5.91 Å². The second-order valence-corrected chi connectivity index (χ2v) is 6.97. The standard InChI is InChI=1S/C19H27F4N5O/c1-3-24-18(25-11-17(29)27(2)13-19(21,22)23)26-15-7-5-9-28(12-15)16-8-4-6-14(20)10-16/h4,6,8,10,15H,3,5,7,9,11-13H2,1-2H3,(H2,24,25,26). The molecule has 1 aromatic carbocycles. The molecule has 0 aliphatic carbocycles. The second-order valence-electron chi connectivity index (χ2n) is 6.97. The molecule has 0 spiro atoms. The van der Waals surface area contributed by atoms with Crippen LogP contribution in [0.2, 0.25) is 0 Å². The number of likely N-dealkylation sites (N-methyl/N-ethyl adjacent to an activating group) is 1. The van der Waals surface area contributed by atoms with Gasteiger partial charge in [-0.2, -0.15) is 13.2 Å². The zero-order chi connectivity index (χ0) is 21.4. The molecule has 1 heterocycles. The van der Waals surface area contributed by atoms with Crippen molar-refractivity contribution in [2.24, 2.45) is 4.99 Å². The first-order valence-corrected chi connectivity index (χ1v) is 9.54. The summed E-state index contributed by atoms with van der Waals surface area (Å²) in [4.78, 5) is 18.7. The van der Waals surface area contributed by atoms with Crippen LogP contribution in [0.5, 0.6) is 0 Å². The Hall–Kier alpha value is -2.52. The fraction of sp³-hybridized carbons (Fsp3) is 0.579. The number of carbonyl (C=O) groups excluding carboxylic acids is 1. The minimum absolute atomic E-state index is 0.00724. The van der Waals surface area contributed by atoms with Crippen LogP contribution in [0.4, 0.5) is 23.2 Å². The summed E-state index contributed by atoms with van der Waals surface area (Å²) in [5, 5.41) is 6.23. The highest BCUT2D eigenvalue weighted by molar-refractivity contribution is 5.85. The molecule has 0 radical (unpaired) electrons. The number of aliphatic imine (C=N–C) groups is 1. The van der Waals surface area contributed by atoms with Gasteiger partial charge in [-0.3, -0.25) is 4.79 Å². The maximum atomic E-state index is 13.5. The van der Waals surface area contributed by atoms with Crippen LogP contribution in [0.3, 0.4) is 0 Å². The zero-order valence-electron chi connectivity index (χ0n) is 16.6. The molecule has 1 aliphatic rings. The van der Waals surface area contributed by atoms with Crippen molar-refractivity contribution in [1.29, 1.82) is 0 Å². The number of hydrogen-bond acceptors (Lipinski definition) is 3. The summed E-state index contributed by atoms with van der Waals surface area (Å²) in [6.07, 6.45) is -2.70. The Bertz CT molecular complexity index is 710. The number of benzene rings is 1. The van der Waals surface area contributed by atoms with Crippen LogP contribution in [-0.2, 0) is 4.79 Å². The number of alkyl halides is 3. The Morgan fingerprint density at radius 3 is 2.79 bits per heavy atom. The topological polar surface area (TPSA) is 60.0 Å². The minimum atomic E-state index is -4.45. The van der Waals surface area contributed by atoms with Gasteiger partial charge in [0.15, 0.2) is 5.96 Å². The van der Waals surface area contributed by atoms with E-state index in [9.17, 15) is 22.4 Å². The first-order chi connectivity index (χ1) is 13.7. The number of carbonyl (C=O) groups is 1. The molecule has 1 amide bonds. The lowest BCUT2D eigenvalue weighted by Gasteiger charge is -2.35. The summed E-state index contributed by atoms with van der Waals surface area (Å²) in [7, 11) is 1.10. The maximum Gasteiger partial charge on any atom is 0.406 e. The van der Waals surface area contributed by atoms with E-state index in [1.807, 2.05) is 13.0 Å². The molecule has 1 fully saturated rings.